The summed E-state index contributed by atoms with van der Waals surface area (Å²) in [6.07, 6.45) is 0. The number of rotatable bonds is 1. The SMILES string of the molecule is COc1ccc2nc(N)nc(Br)c2c1. The van der Waals surface area contributed by atoms with Gasteiger partial charge >= 0.3 is 0 Å². The molecular formula is C9H8BrN3O. The Bertz CT molecular complexity index is 487. The van der Waals surface area contributed by atoms with Crippen molar-refractivity contribution in [2.24, 2.45) is 0 Å². The Balaban J connectivity index is 2.75. The number of ether oxygens (including phenoxy) is 1. The quantitative estimate of drug-likeness (QED) is 0.790. The van der Waals surface area contributed by atoms with E-state index >= 15 is 0 Å². The maximum absolute atomic E-state index is 5.51. The van der Waals surface area contributed by atoms with Gasteiger partial charge in [0.25, 0.3) is 0 Å². The molecule has 0 amide bonds. The molecule has 0 atom stereocenters. The first-order chi connectivity index (χ1) is 6.70. The predicted octanol–water partition coefficient (Wildman–Crippen LogP) is 1.98. The van der Waals surface area contributed by atoms with Crippen LogP contribution in [-0.4, -0.2) is 17.1 Å². The van der Waals surface area contributed by atoms with Crippen molar-refractivity contribution in [1.29, 1.82) is 0 Å². The molecule has 14 heavy (non-hydrogen) atoms. The standard InChI is InChI=1S/C9H8BrN3O/c1-14-5-2-3-7-6(4-5)8(10)13-9(11)12-7/h2-4H,1H3,(H2,11,12,13). The third kappa shape index (κ3) is 1.50. The zero-order valence-corrected chi connectivity index (χ0v) is 9.08. The number of hydrogen-bond donors (Lipinski definition) is 1. The Morgan fingerprint density at radius 3 is 2.86 bits per heavy atom. The number of nitrogens with two attached hydrogens (primary N) is 1. The van der Waals surface area contributed by atoms with Gasteiger partial charge in [0, 0.05) is 5.39 Å². The molecule has 2 N–H and O–H groups in total. The van der Waals surface area contributed by atoms with Crippen LogP contribution in [0.1, 0.15) is 0 Å². The fourth-order valence-electron chi connectivity index (χ4n) is 1.21. The minimum Gasteiger partial charge on any atom is -0.497 e. The van der Waals surface area contributed by atoms with Gasteiger partial charge in [-0.1, -0.05) is 0 Å². The third-order valence-corrected chi connectivity index (χ3v) is 2.48. The van der Waals surface area contributed by atoms with Gasteiger partial charge in [0.15, 0.2) is 0 Å². The highest BCUT2D eigenvalue weighted by Gasteiger charge is 2.04. The lowest BCUT2D eigenvalue weighted by molar-refractivity contribution is 0.415. The molecule has 1 aromatic heterocycles. The maximum atomic E-state index is 5.51. The van der Waals surface area contributed by atoms with E-state index in [1.54, 1.807) is 7.11 Å². The Hall–Kier alpha value is -1.36. The van der Waals surface area contributed by atoms with E-state index in [9.17, 15) is 0 Å². The van der Waals surface area contributed by atoms with Gasteiger partial charge in [0.2, 0.25) is 5.95 Å². The van der Waals surface area contributed by atoms with E-state index in [0.717, 1.165) is 16.7 Å². The lowest BCUT2D eigenvalue weighted by atomic mass is 10.2. The highest BCUT2D eigenvalue weighted by molar-refractivity contribution is 9.10. The molecule has 2 aromatic rings. The number of methoxy groups -OCH3 is 1. The topological polar surface area (TPSA) is 61.0 Å². The van der Waals surface area contributed by atoms with Gasteiger partial charge in [0.05, 0.1) is 12.6 Å². The molecule has 1 heterocycles. The van der Waals surface area contributed by atoms with Crippen LogP contribution in [0.2, 0.25) is 0 Å². The molecule has 0 unspecified atom stereocenters. The van der Waals surface area contributed by atoms with Crippen molar-refractivity contribution in [2.75, 3.05) is 12.8 Å². The average molecular weight is 254 g/mol. The summed E-state index contributed by atoms with van der Waals surface area (Å²) in [5.41, 5.74) is 6.31. The van der Waals surface area contributed by atoms with Crippen molar-refractivity contribution in [2.45, 2.75) is 0 Å². The molecule has 0 radical (unpaired) electrons. The van der Waals surface area contributed by atoms with Gasteiger partial charge < -0.3 is 10.5 Å². The number of aromatic nitrogens is 2. The maximum Gasteiger partial charge on any atom is 0.221 e. The van der Waals surface area contributed by atoms with E-state index in [0.29, 0.717) is 4.60 Å². The molecule has 2 rings (SSSR count). The van der Waals surface area contributed by atoms with Crippen LogP contribution in [0.4, 0.5) is 5.95 Å². The molecule has 5 heteroatoms. The van der Waals surface area contributed by atoms with E-state index < -0.39 is 0 Å². The zero-order chi connectivity index (χ0) is 10.1. The monoisotopic (exact) mass is 253 g/mol. The molecule has 0 aliphatic heterocycles. The van der Waals surface area contributed by atoms with Crippen molar-refractivity contribution in [3.63, 3.8) is 0 Å². The number of nitrogen functional groups attached to an aromatic ring is 1. The molecule has 0 fully saturated rings. The first-order valence-electron chi connectivity index (χ1n) is 3.97. The largest absolute Gasteiger partial charge is 0.497 e. The molecular weight excluding hydrogens is 246 g/mol. The molecule has 72 valence electrons. The number of fused-ring (bicyclic) bond motifs is 1. The summed E-state index contributed by atoms with van der Waals surface area (Å²) in [6.45, 7) is 0. The Kier molecular flexibility index (Phi) is 2.25. The number of anilines is 1. The first-order valence-corrected chi connectivity index (χ1v) is 4.77. The summed E-state index contributed by atoms with van der Waals surface area (Å²) < 4.78 is 5.78. The fraction of sp³-hybridized carbons (Fsp3) is 0.111. The van der Waals surface area contributed by atoms with Crippen molar-refractivity contribution in [3.8, 4) is 5.75 Å². The molecule has 0 spiro atoms. The number of hydrogen-bond acceptors (Lipinski definition) is 4. The highest BCUT2D eigenvalue weighted by Crippen LogP contribution is 2.25. The van der Waals surface area contributed by atoms with Crippen LogP contribution in [0, 0.1) is 0 Å². The van der Waals surface area contributed by atoms with E-state index in [1.807, 2.05) is 18.2 Å². The molecule has 0 aliphatic rings. The van der Waals surface area contributed by atoms with Crippen LogP contribution in [-0.2, 0) is 0 Å². The van der Waals surface area contributed by atoms with Gasteiger partial charge in [-0.15, -0.1) is 0 Å². The summed E-state index contributed by atoms with van der Waals surface area (Å²) >= 11 is 3.32. The van der Waals surface area contributed by atoms with Crippen LogP contribution < -0.4 is 10.5 Å². The van der Waals surface area contributed by atoms with Gasteiger partial charge in [-0.25, -0.2) is 9.97 Å². The second-order valence-corrected chi connectivity index (χ2v) is 3.51. The molecule has 0 bridgehead atoms. The number of halogens is 1. The summed E-state index contributed by atoms with van der Waals surface area (Å²) in [7, 11) is 1.62. The minimum atomic E-state index is 0.259. The molecule has 1 aromatic carbocycles. The smallest absolute Gasteiger partial charge is 0.221 e. The van der Waals surface area contributed by atoms with Crippen molar-refractivity contribution in [1.82, 2.24) is 9.97 Å². The second kappa shape index (κ2) is 3.42. The minimum absolute atomic E-state index is 0.259. The van der Waals surface area contributed by atoms with Crippen LogP contribution in [0.5, 0.6) is 5.75 Å². The van der Waals surface area contributed by atoms with Crippen molar-refractivity contribution >= 4 is 32.8 Å². The van der Waals surface area contributed by atoms with Crippen LogP contribution >= 0.6 is 15.9 Å². The lowest BCUT2D eigenvalue weighted by Gasteiger charge is -2.03. The third-order valence-electron chi connectivity index (χ3n) is 1.87. The van der Waals surface area contributed by atoms with E-state index in [1.165, 1.54) is 0 Å². The van der Waals surface area contributed by atoms with Gasteiger partial charge in [0.1, 0.15) is 10.4 Å². The first kappa shape index (κ1) is 9.21. The Morgan fingerprint density at radius 2 is 2.14 bits per heavy atom. The van der Waals surface area contributed by atoms with Crippen LogP contribution in [0.3, 0.4) is 0 Å². The average Bonchev–Trinajstić information content (AvgIpc) is 2.17. The molecule has 0 saturated carbocycles. The van der Waals surface area contributed by atoms with Crippen molar-refractivity contribution in [3.05, 3.63) is 22.8 Å². The van der Waals surface area contributed by atoms with E-state index in [-0.39, 0.29) is 5.95 Å². The summed E-state index contributed by atoms with van der Waals surface area (Å²) in [5, 5.41) is 0.888. The number of benzene rings is 1. The van der Waals surface area contributed by atoms with Gasteiger partial charge in [-0.3, -0.25) is 0 Å². The second-order valence-electron chi connectivity index (χ2n) is 2.76. The van der Waals surface area contributed by atoms with Crippen LogP contribution in [0.25, 0.3) is 10.9 Å². The highest BCUT2D eigenvalue weighted by atomic mass is 79.9. The predicted molar refractivity (Wildman–Crippen MR) is 58.2 cm³/mol. The van der Waals surface area contributed by atoms with Gasteiger partial charge in [-0.05, 0) is 34.1 Å². The number of nitrogens with zero attached hydrogens (tertiary/aromatic N) is 2. The van der Waals surface area contributed by atoms with Crippen molar-refractivity contribution < 1.29 is 4.74 Å². The van der Waals surface area contributed by atoms with Crippen LogP contribution in [0.15, 0.2) is 22.8 Å². The zero-order valence-electron chi connectivity index (χ0n) is 7.49. The molecule has 0 aliphatic carbocycles. The summed E-state index contributed by atoms with van der Waals surface area (Å²) in [4.78, 5) is 8.10. The Morgan fingerprint density at radius 1 is 1.36 bits per heavy atom. The molecule has 4 nitrogen and oxygen atoms in total. The Labute approximate surface area is 89.2 Å². The van der Waals surface area contributed by atoms with E-state index in [2.05, 4.69) is 25.9 Å². The fourth-order valence-corrected chi connectivity index (χ4v) is 1.71. The summed E-state index contributed by atoms with van der Waals surface area (Å²) in [6, 6.07) is 5.54. The van der Waals surface area contributed by atoms with E-state index in [4.69, 9.17) is 10.5 Å². The van der Waals surface area contributed by atoms with Gasteiger partial charge in [-0.2, -0.15) is 0 Å². The summed E-state index contributed by atoms with van der Waals surface area (Å²) in [5.74, 6) is 1.03. The lowest BCUT2D eigenvalue weighted by Crippen LogP contribution is -1.96. The molecule has 0 saturated heterocycles. The normalized spacial score (nSPS) is 10.4.